The van der Waals surface area contributed by atoms with E-state index in [0.29, 0.717) is 11.4 Å². The maximum atomic E-state index is 12.7. The number of para-hydroxylation sites is 1. The predicted octanol–water partition coefficient (Wildman–Crippen LogP) is 2.39. The summed E-state index contributed by atoms with van der Waals surface area (Å²) in [6.45, 7) is 0.112. The average molecular weight is 304 g/mol. The van der Waals surface area contributed by atoms with E-state index in [-0.39, 0.29) is 19.0 Å². The second-order valence-corrected chi connectivity index (χ2v) is 4.62. The number of carbonyl (C=O) groups is 1. The lowest BCUT2D eigenvalue weighted by atomic mass is 10.3. The van der Waals surface area contributed by atoms with Gasteiger partial charge in [0.15, 0.2) is 0 Å². The number of anilines is 1. The number of benzene rings is 2. The number of hydrogen-bond acceptors (Lipinski definition) is 3. The zero-order chi connectivity index (χ0) is 15.8. The maximum absolute atomic E-state index is 12.7. The van der Waals surface area contributed by atoms with Gasteiger partial charge in [-0.25, -0.2) is 9.18 Å². The second kappa shape index (κ2) is 7.99. The molecule has 3 N–H and O–H groups in total. The van der Waals surface area contributed by atoms with Crippen molar-refractivity contribution in [2.75, 3.05) is 18.5 Å². The topological polar surface area (TPSA) is 70.6 Å². The Hall–Kier alpha value is -2.60. The molecular formula is C16H17FN2O3. The number of urea groups is 1. The summed E-state index contributed by atoms with van der Waals surface area (Å²) < 4.78 is 18.1. The number of halogens is 1. The molecule has 22 heavy (non-hydrogen) atoms. The SMILES string of the molecule is O=C(NC[C@H](O)COc1ccccc1)Nc1ccc(F)cc1. The van der Waals surface area contributed by atoms with E-state index in [2.05, 4.69) is 10.6 Å². The lowest BCUT2D eigenvalue weighted by Crippen LogP contribution is -2.37. The molecule has 0 unspecified atom stereocenters. The van der Waals surface area contributed by atoms with Crippen molar-refractivity contribution in [3.63, 3.8) is 0 Å². The number of ether oxygens (including phenoxy) is 1. The summed E-state index contributed by atoms with van der Waals surface area (Å²) in [4.78, 5) is 11.6. The van der Waals surface area contributed by atoms with E-state index in [1.807, 2.05) is 18.2 Å². The van der Waals surface area contributed by atoms with E-state index in [1.54, 1.807) is 12.1 Å². The molecule has 6 heteroatoms. The van der Waals surface area contributed by atoms with Gasteiger partial charge in [-0.3, -0.25) is 0 Å². The summed E-state index contributed by atoms with van der Waals surface area (Å²) in [6.07, 6.45) is -0.834. The van der Waals surface area contributed by atoms with Crippen LogP contribution in [0.15, 0.2) is 54.6 Å². The van der Waals surface area contributed by atoms with Crippen molar-refractivity contribution in [1.29, 1.82) is 0 Å². The van der Waals surface area contributed by atoms with Crippen molar-refractivity contribution in [2.24, 2.45) is 0 Å². The Labute approximate surface area is 127 Å². The largest absolute Gasteiger partial charge is 0.491 e. The number of aliphatic hydroxyl groups excluding tert-OH is 1. The number of hydrogen-bond donors (Lipinski definition) is 3. The molecule has 5 nitrogen and oxygen atoms in total. The first-order valence-electron chi connectivity index (χ1n) is 6.80. The molecular weight excluding hydrogens is 287 g/mol. The lowest BCUT2D eigenvalue weighted by molar-refractivity contribution is 0.108. The van der Waals surface area contributed by atoms with Crippen molar-refractivity contribution < 1.29 is 19.0 Å². The third-order valence-electron chi connectivity index (χ3n) is 2.79. The van der Waals surface area contributed by atoms with Crippen LogP contribution < -0.4 is 15.4 Å². The summed E-state index contributed by atoms with van der Waals surface area (Å²) in [7, 11) is 0. The number of aliphatic hydroxyl groups is 1. The average Bonchev–Trinajstić information content (AvgIpc) is 2.54. The molecule has 0 aliphatic rings. The van der Waals surface area contributed by atoms with Gasteiger partial charge >= 0.3 is 6.03 Å². The van der Waals surface area contributed by atoms with Crippen molar-refractivity contribution in [3.05, 3.63) is 60.4 Å². The zero-order valence-corrected chi connectivity index (χ0v) is 11.8. The van der Waals surface area contributed by atoms with Crippen LogP contribution in [0.2, 0.25) is 0 Å². The molecule has 0 heterocycles. The van der Waals surface area contributed by atoms with E-state index in [4.69, 9.17) is 4.74 Å². The van der Waals surface area contributed by atoms with Gasteiger partial charge in [0.1, 0.15) is 24.3 Å². The quantitative estimate of drug-likeness (QED) is 0.767. The predicted molar refractivity (Wildman–Crippen MR) is 81.4 cm³/mol. The van der Waals surface area contributed by atoms with Crippen molar-refractivity contribution in [1.82, 2.24) is 5.32 Å². The number of rotatable bonds is 6. The van der Waals surface area contributed by atoms with Crippen LogP contribution in [0.5, 0.6) is 5.75 Å². The molecule has 2 aromatic rings. The summed E-state index contributed by atoms with van der Waals surface area (Å²) in [5.41, 5.74) is 0.467. The summed E-state index contributed by atoms with van der Waals surface area (Å²) in [5, 5.41) is 14.8. The highest BCUT2D eigenvalue weighted by Gasteiger charge is 2.08. The Bertz CT molecular complexity index is 590. The molecule has 2 rings (SSSR count). The van der Waals surface area contributed by atoms with E-state index in [9.17, 15) is 14.3 Å². The van der Waals surface area contributed by atoms with Crippen LogP contribution >= 0.6 is 0 Å². The smallest absolute Gasteiger partial charge is 0.319 e. The molecule has 0 fully saturated rings. The zero-order valence-electron chi connectivity index (χ0n) is 11.8. The summed E-state index contributed by atoms with van der Waals surface area (Å²) >= 11 is 0. The molecule has 2 aromatic carbocycles. The molecule has 0 aliphatic heterocycles. The highest BCUT2D eigenvalue weighted by Crippen LogP contribution is 2.09. The van der Waals surface area contributed by atoms with Crippen LogP contribution in [0.4, 0.5) is 14.9 Å². The lowest BCUT2D eigenvalue weighted by Gasteiger charge is -2.13. The molecule has 0 aliphatic carbocycles. The van der Waals surface area contributed by atoms with Gasteiger partial charge in [-0.05, 0) is 36.4 Å². The van der Waals surface area contributed by atoms with E-state index < -0.39 is 12.1 Å². The third kappa shape index (κ3) is 5.41. The molecule has 0 aromatic heterocycles. The monoisotopic (exact) mass is 304 g/mol. The minimum atomic E-state index is -0.834. The van der Waals surface area contributed by atoms with Gasteiger partial charge in [-0.1, -0.05) is 18.2 Å². The summed E-state index contributed by atoms with van der Waals surface area (Å²) in [5.74, 6) is 0.275. The Morgan fingerprint density at radius 1 is 1.14 bits per heavy atom. The van der Waals surface area contributed by atoms with E-state index >= 15 is 0 Å². The highest BCUT2D eigenvalue weighted by molar-refractivity contribution is 5.89. The molecule has 0 saturated carbocycles. The van der Waals surface area contributed by atoms with Gasteiger partial charge in [-0.15, -0.1) is 0 Å². The third-order valence-corrected chi connectivity index (χ3v) is 2.79. The standard InChI is InChI=1S/C16H17FN2O3/c17-12-6-8-13(9-7-12)19-16(21)18-10-14(20)11-22-15-4-2-1-3-5-15/h1-9,14,20H,10-11H2,(H2,18,19,21)/t14-/m0/s1. The van der Waals surface area contributed by atoms with Crippen LogP contribution in [-0.4, -0.2) is 30.4 Å². The van der Waals surface area contributed by atoms with Gasteiger partial charge in [-0.2, -0.15) is 0 Å². The molecule has 0 radical (unpaired) electrons. The molecule has 116 valence electrons. The fourth-order valence-corrected chi connectivity index (χ4v) is 1.69. The highest BCUT2D eigenvalue weighted by atomic mass is 19.1. The first-order valence-corrected chi connectivity index (χ1v) is 6.80. The van der Waals surface area contributed by atoms with Crippen molar-refractivity contribution >= 4 is 11.7 Å². The second-order valence-electron chi connectivity index (χ2n) is 4.62. The van der Waals surface area contributed by atoms with Crippen LogP contribution in [0.3, 0.4) is 0 Å². The van der Waals surface area contributed by atoms with Crippen LogP contribution in [0.25, 0.3) is 0 Å². The van der Waals surface area contributed by atoms with Gasteiger partial charge in [0.05, 0.1) is 0 Å². The van der Waals surface area contributed by atoms with Crippen LogP contribution in [0, 0.1) is 5.82 Å². The first kappa shape index (κ1) is 15.8. The minimum absolute atomic E-state index is 0.0415. The van der Waals surface area contributed by atoms with Crippen molar-refractivity contribution in [3.8, 4) is 5.75 Å². The molecule has 2 amide bonds. The Morgan fingerprint density at radius 2 is 1.82 bits per heavy atom. The van der Waals surface area contributed by atoms with Gasteiger partial charge in [0.25, 0.3) is 0 Å². The Kier molecular flexibility index (Phi) is 5.73. The minimum Gasteiger partial charge on any atom is -0.491 e. The van der Waals surface area contributed by atoms with Crippen molar-refractivity contribution in [2.45, 2.75) is 6.10 Å². The maximum Gasteiger partial charge on any atom is 0.319 e. The Morgan fingerprint density at radius 3 is 2.50 bits per heavy atom. The van der Waals surface area contributed by atoms with Crippen LogP contribution in [-0.2, 0) is 0 Å². The number of carbonyl (C=O) groups excluding carboxylic acids is 1. The number of nitrogens with one attached hydrogen (secondary N) is 2. The van der Waals surface area contributed by atoms with E-state index in [1.165, 1.54) is 24.3 Å². The fourth-order valence-electron chi connectivity index (χ4n) is 1.69. The van der Waals surface area contributed by atoms with Gasteiger partial charge < -0.3 is 20.5 Å². The molecule has 0 saturated heterocycles. The fraction of sp³-hybridized carbons (Fsp3) is 0.188. The molecule has 1 atom stereocenters. The first-order chi connectivity index (χ1) is 10.6. The normalized spacial score (nSPS) is 11.5. The summed E-state index contributed by atoms with van der Waals surface area (Å²) in [6, 6.07) is 14.0. The molecule has 0 bridgehead atoms. The van der Waals surface area contributed by atoms with Gasteiger partial charge in [0, 0.05) is 12.2 Å². The number of amides is 2. The van der Waals surface area contributed by atoms with Crippen LogP contribution in [0.1, 0.15) is 0 Å². The Balaban J connectivity index is 1.68. The van der Waals surface area contributed by atoms with Gasteiger partial charge in [0.2, 0.25) is 0 Å². The van der Waals surface area contributed by atoms with E-state index in [0.717, 1.165) is 0 Å². The molecule has 0 spiro atoms.